The van der Waals surface area contributed by atoms with Crippen LogP contribution in [0.4, 0.5) is 4.39 Å². The topological polar surface area (TPSA) is 20.3 Å². The molecule has 23 heavy (non-hydrogen) atoms. The number of nitrogens with zero attached hydrogens (tertiary/aromatic N) is 1. The van der Waals surface area contributed by atoms with Crippen molar-refractivity contribution in [1.29, 1.82) is 0 Å². The van der Waals surface area contributed by atoms with Crippen molar-refractivity contribution < 1.29 is 9.18 Å². The zero-order chi connectivity index (χ0) is 16.2. The molecule has 1 heterocycles. The summed E-state index contributed by atoms with van der Waals surface area (Å²) in [5, 5.41) is -0.205. The molecule has 0 spiro atoms. The Balaban J connectivity index is 1.61. The molecule has 2 nitrogen and oxygen atoms in total. The SMILES string of the molecule is O=C1[C@@H](Cc2ccc(F)cc2)SC(=S)N1CCc1ccccc1. The van der Waals surface area contributed by atoms with Crippen molar-refractivity contribution in [3.8, 4) is 0 Å². The monoisotopic (exact) mass is 345 g/mol. The average Bonchev–Trinajstić information content (AvgIpc) is 2.82. The Kier molecular flexibility index (Phi) is 5.08. The highest BCUT2D eigenvalue weighted by Crippen LogP contribution is 2.30. The van der Waals surface area contributed by atoms with Crippen molar-refractivity contribution in [2.45, 2.75) is 18.1 Å². The summed E-state index contributed by atoms with van der Waals surface area (Å²) in [6, 6.07) is 16.3. The van der Waals surface area contributed by atoms with Gasteiger partial charge in [-0.15, -0.1) is 0 Å². The van der Waals surface area contributed by atoms with Crippen molar-refractivity contribution in [1.82, 2.24) is 4.90 Å². The number of rotatable bonds is 5. The highest BCUT2D eigenvalue weighted by molar-refractivity contribution is 8.24. The van der Waals surface area contributed by atoms with Crippen LogP contribution in [-0.4, -0.2) is 26.9 Å². The van der Waals surface area contributed by atoms with Crippen molar-refractivity contribution in [3.63, 3.8) is 0 Å². The minimum Gasteiger partial charge on any atom is -0.296 e. The summed E-state index contributed by atoms with van der Waals surface area (Å²) >= 11 is 6.79. The molecular weight excluding hydrogens is 329 g/mol. The Hall–Kier alpha value is -1.72. The molecule has 1 aliphatic heterocycles. The minimum atomic E-state index is -0.265. The van der Waals surface area contributed by atoms with E-state index in [4.69, 9.17) is 12.2 Å². The number of carbonyl (C=O) groups is 1. The molecule has 3 rings (SSSR count). The fourth-order valence-corrected chi connectivity index (χ4v) is 4.14. The van der Waals surface area contributed by atoms with Gasteiger partial charge in [-0.1, -0.05) is 66.4 Å². The molecule has 2 aromatic carbocycles. The van der Waals surface area contributed by atoms with Crippen molar-refractivity contribution >= 4 is 34.2 Å². The predicted octanol–water partition coefficient (Wildman–Crippen LogP) is 3.84. The smallest absolute Gasteiger partial charge is 0.241 e. The van der Waals surface area contributed by atoms with Gasteiger partial charge in [-0.2, -0.15) is 0 Å². The van der Waals surface area contributed by atoms with Gasteiger partial charge in [0.05, 0.1) is 5.25 Å². The lowest BCUT2D eigenvalue weighted by Crippen LogP contribution is -2.33. The normalized spacial score (nSPS) is 17.8. The Morgan fingerprint density at radius 1 is 1.04 bits per heavy atom. The number of carbonyl (C=O) groups excluding carboxylic acids is 1. The van der Waals surface area contributed by atoms with Crippen LogP contribution in [0, 0.1) is 5.82 Å². The first-order valence-corrected chi connectivity index (χ1v) is 8.72. The van der Waals surface area contributed by atoms with E-state index in [2.05, 4.69) is 0 Å². The predicted molar refractivity (Wildman–Crippen MR) is 95.9 cm³/mol. The number of benzene rings is 2. The molecule has 1 fully saturated rings. The van der Waals surface area contributed by atoms with Crippen molar-refractivity contribution in [3.05, 3.63) is 71.5 Å². The Labute approximate surface area is 144 Å². The second-order valence-electron chi connectivity index (χ2n) is 5.43. The third kappa shape index (κ3) is 3.98. The molecular formula is C18H16FNOS2. The molecule has 1 atom stereocenters. The lowest BCUT2D eigenvalue weighted by Gasteiger charge is -2.15. The first kappa shape index (κ1) is 16.1. The summed E-state index contributed by atoms with van der Waals surface area (Å²) in [7, 11) is 0. The van der Waals surface area contributed by atoms with Crippen LogP contribution in [-0.2, 0) is 17.6 Å². The fraction of sp³-hybridized carbons (Fsp3) is 0.222. The van der Waals surface area contributed by atoms with E-state index in [-0.39, 0.29) is 17.0 Å². The van der Waals surface area contributed by atoms with Crippen molar-refractivity contribution in [2.75, 3.05) is 6.54 Å². The number of thioether (sulfide) groups is 1. The van der Waals surface area contributed by atoms with Gasteiger partial charge in [0, 0.05) is 6.54 Å². The molecule has 0 N–H and O–H groups in total. The molecule has 0 saturated carbocycles. The highest BCUT2D eigenvalue weighted by Gasteiger charge is 2.36. The molecule has 1 amide bonds. The van der Waals surface area contributed by atoms with Crippen molar-refractivity contribution in [2.24, 2.45) is 0 Å². The van der Waals surface area contributed by atoms with Crippen LogP contribution >= 0.6 is 24.0 Å². The van der Waals surface area contributed by atoms with Crippen LogP contribution in [0.1, 0.15) is 11.1 Å². The van der Waals surface area contributed by atoms with E-state index in [1.165, 1.54) is 29.5 Å². The number of hydrogen-bond donors (Lipinski definition) is 0. The van der Waals surface area contributed by atoms with E-state index in [0.717, 1.165) is 12.0 Å². The zero-order valence-electron chi connectivity index (χ0n) is 12.4. The zero-order valence-corrected chi connectivity index (χ0v) is 14.1. The summed E-state index contributed by atoms with van der Waals surface area (Å²) in [4.78, 5) is 14.2. The van der Waals surface area contributed by atoms with E-state index < -0.39 is 0 Å². The van der Waals surface area contributed by atoms with Gasteiger partial charge in [0.1, 0.15) is 10.1 Å². The van der Waals surface area contributed by atoms with Gasteiger partial charge in [-0.25, -0.2) is 4.39 Å². The van der Waals surface area contributed by atoms with Gasteiger partial charge in [0.2, 0.25) is 5.91 Å². The highest BCUT2D eigenvalue weighted by atomic mass is 32.2. The maximum Gasteiger partial charge on any atom is 0.241 e. The quantitative estimate of drug-likeness (QED) is 0.768. The third-order valence-electron chi connectivity index (χ3n) is 3.81. The summed E-state index contributed by atoms with van der Waals surface area (Å²) in [5.41, 5.74) is 2.14. The molecule has 0 radical (unpaired) electrons. The van der Waals surface area contributed by atoms with Gasteiger partial charge in [-0.05, 0) is 36.1 Å². The second-order valence-corrected chi connectivity index (χ2v) is 7.27. The van der Waals surface area contributed by atoms with E-state index in [1.807, 2.05) is 30.3 Å². The van der Waals surface area contributed by atoms with Gasteiger partial charge >= 0.3 is 0 Å². The van der Waals surface area contributed by atoms with Gasteiger partial charge in [0.25, 0.3) is 0 Å². The Morgan fingerprint density at radius 3 is 2.43 bits per heavy atom. The standard InChI is InChI=1S/C18H16FNOS2/c19-15-8-6-14(7-9-15)12-16-17(21)20(18(22)23-16)11-10-13-4-2-1-3-5-13/h1-9,16H,10-12H2/t16-/m1/s1. The lowest BCUT2D eigenvalue weighted by atomic mass is 10.1. The summed E-state index contributed by atoms with van der Waals surface area (Å²) in [6.07, 6.45) is 1.36. The van der Waals surface area contributed by atoms with Crippen LogP contribution in [0.5, 0.6) is 0 Å². The molecule has 0 bridgehead atoms. The van der Waals surface area contributed by atoms with Gasteiger partial charge in [0.15, 0.2) is 0 Å². The van der Waals surface area contributed by atoms with E-state index in [1.54, 1.807) is 17.0 Å². The summed E-state index contributed by atoms with van der Waals surface area (Å²) in [6.45, 7) is 0.606. The Morgan fingerprint density at radius 2 is 1.74 bits per heavy atom. The number of halogens is 1. The minimum absolute atomic E-state index is 0.0558. The lowest BCUT2D eigenvalue weighted by molar-refractivity contribution is -0.126. The number of thiocarbonyl (C=S) groups is 1. The second kappa shape index (κ2) is 7.23. The first-order chi connectivity index (χ1) is 11.1. The van der Waals surface area contributed by atoms with Crippen LogP contribution in [0.15, 0.2) is 54.6 Å². The largest absolute Gasteiger partial charge is 0.296 e. The van der Waals surface area contributed by atoms with E-state index in [0.29, 0.717) is 17.3 Å². The molecule has 5 heteroatoms. The first-order valence-electron chi connectivity index (χ1n) is 7.44. The molecule has 1 aliphatic rings. The number of hydrogen-bond acceptors (Lipinski definition) is 3. The third-order valence-corrected chi connectivity index (χ3v) is 5.39. The number of amides is 1. The average molecular weight is 345 g/mol. The maximum absolute atomic E-state index is 13.0. The van der Waals surface area contributed by atoms with Crippen LogP contribution in [0.3, 0.4) is 0 Å². The molecule has 118 valence electrons. The molecule has 0 unspecified atom stereocenters. The van der Waals surface area contributed by atoms with Gasteiger partial charge in [-0.3, -0.25) is 9.69 Å². The molecule has 1 saturated heterocycles. The molecule has 0 aliphatic carbocycles. The van der Waals surface area contributed by atoms with Gasteiger partial charge < -0.3 is 0 Å². The molecule has 2 aromatic rings. The van der Waals surface area contributed by atoms with Crippen LogP contribution < -0.4 is 0 Å². The molecule has 0 aromatic heterocycles. The van der Waals surface area contributed by atoms with Crippen LogP contribution in [0.2, 0.25) is 0 Å². The fourth-order valence-electron chi connectivity index (χ4n) is 2.55. The summed E-state index contributed by atoms with van der Waals surface area (Å²) < 4.78 is 13.6. The summed E-state index contributed by atoms with van der Waals surface area (Å²) in [5.74, 6) is -0.209. The van der Waals surface area contributed by atoms with Crippen LogP contribution in [0.25, 0.3) is 0 Å². The van der Waals surface area contributed by atoms with E-state index >= 15 is 0 Å². The Bertz CT molecular complexity index is 703. The van der Waals surface area contributed by atoms with E-state index in [9.17, 15) is 9.18 Å². The maximum atomic E-state index is 13.0.